The number of carbonyl (C=O) groups is 2. The van der Waals surface area contributed by atoms with Crippen molar-refractivity contribution < 1.29 is 23.8 Å². The highest BCUT2D eigenvalue weighted by Gasteiger charge is 2.25. The number of hydrogen-bond acceptors (Lipinski definition) is 9. The van der Waals surface area contributed by atoms with E-state index in [1.54, 1.807) is 12.4 Å². The summed E-state index contributed by atoms with van der Waals surface area (Å²) in [4.78, 5) is 52.0. The maximum absolute atomic E-state index is 14.1. The molecule has 41 heavy (non-hydrogen) atoms. The van der Waals surface area contributed by atoms with E-state index in [1.165, 1.54) is 55.1 Å². The summed E-state index contributed by atoms with van der Waals surface area (Å²) in [6.45, 7) is 2.52. The molecule has 1 fully saturated rings. The molecule has 0 unspecified atom stereocenters. The van der Waals surface area contributed by atoms with Gasteiger partial charge in [-0.05, 0) is 39.7 Å². The number of benzene rings is 1. The summed E-state index contributed by atoms with van der Waals surface area (Å²) in [7, 11) is 4.33. The first-order chi connectivity index (χ1) is 19.5. The van der Waals surface area contributed by atoms with Crippen LogP contribution in [0.1, 0.15) is 10.4 Å². The number of nitrogens with zero attached hydrogens (tertiary/aromatic N) is 6. The zero-order chi connectivity index (χ0) is 29.4. The second kappa shape index (κ2) is 11.5. The van der Waals surface area contributed by atoms with Gasteiger partial charge in [-0.1, -0.05) is 6.07 Å². The van der Waals surface area contributed by atoms with Crippen LogP contribution >= 0.6 is 27.3 Å². The van der Waals surface area contributed by atoms with Crippen LogP contribution in [0.4, 0.5) is 15.8 Å². The summed E-state index contributed by atoms with van der Waals surface area (Å²) < 4.78 is 21.4. The molecule has 1 N–H and O–H groups in total. The summed E-state index contributed by atoms with van der Waals surface area (Å²) in [5, 5.41) is 11.2. The predicted molar refractivity (Wildman–Crippen MR) is 156 cm³/mol. The Kier molecular flexibility index (Phi) is 8.07. The number of hydrogen-bond donors (Lipinski definition) is 1. The summed E-state index contributed by atoms with van der Waals surface area (Å²) >= 11 is 4.72. The number of fused-ring (bicyclic) bond motifs is 1. The number of thiazole rings is 1. The third-order valence-corrected chi connectivity index (χ3v) is 8.23. The van der Waals surface area contributed by atoms with Crippen molar-refractivity contribution in [3.8, 4) is 16.5 Å². The summed E-state index contributed by atoms with van der Waals surface area (Å²) in [6, 6.07) is 5.87. The Hall–Kier alpha value is -3.88. The van der Waals surface area contributed by atoms with Gasteiger partial charge in [-0.2, -0.15) is 0 Å². The minimum atomic E-state index is -0.806. The molecule has 11 nitrogen and oxygen atoms in total. The molecule has 0 spiro atoms. The zero-order valence-corrected chi connectivity index (χ0v) is 24.8. The van der Waals surface area contributed by atoms with Crippen molar-refractivity contribution in [2.45, 2.75) is 6.42 Å². The third kappa shape index (κ3) is 5.67. The Morgan fingerprint density at radius 1 is 1.17 bits per heavy atom. The fourth-order valence-corrected chi connectivity index (χ4v) is 5.89. The maximum Gasteiger partial charge on any atom is 0.316 e. The number of amides is 2. The number of anilines is 2. The monoisotopic (exact) mass is 644 g/mol. The van der Waals surface area contributed by atoms with Crippen molar-refractivity contribution in [1.82, 2.24) is 19.3 Å². The molecule has 0 radical (unpaired) electrons. The van der Waals surface area contributed by atoms with Gasteiger partial charge in [-0.15, -0.1) is 11.3 Å². The van der Waals surface area contributed by atoms with E-state index in [4.69, 9.17) is 4.74 Å². The summed E-state index contributed by atoms with van der Waals surface area (Å²) in [6.07, 6.45) is 3.47. The van der Waals surface area contributed by atoms with E-state index in [0.29, 0.717) is 51.9 Å². The van der Waals surface area contributed by atoms with Crippen LogP contribution in [0.5, 0.6) is 5.75 Å². The molecule has 1 aromatic carbocycles. The van der Waals surface area contributed by atoms with Crippen LogP contribution in [0.2, 0.25) is 0 Å². The molecule has 2 amide bonds. The number of ether oxygens (including phenoxy) is 1. The molecular weight excluding hydrogens is 619 g/mol. The van der Waals surface area contributed by atoms with Crippen LogP contribution in [0.15, 0.2) is 45.9 Å². The smallest absolute Gasteiger partial charge is 0.316 e. The quantitative estimate of drug-likeness (QED) is 0.329. The van der Waals surface area contributed by atoms with Crippen molar-refractivity contribution in [2.24, 2.45) is 0 Å². The molecule has 214 valence electrons. The molecule has 4 heterocycles. The van der Waals surface area contributed by atoms with Gasteiger partial charge >= 0.3 is 17.4 Å². The molecule has 0 bridgehead atoms. The fourth-order valence-electron chi connectivity index (χ4n) is 4.45. The number of aromatic hydroxyl groups is 1. The second-order valence-electron chi connectivity index (χ2n) is 9.60. The first kappa shape index (κ1) is 28.6. The van der Waals surface area contributed by atoms with E-state index >= 15 is 0 Å². The summed E-state index contributed by atoms with van der Waals surface area (Å²) in [5.74, 6) is -2.64. The lowest BCUT2D eigenvalue weighted by atomic mass is 10.1. The number of carbonyl (C=O) groups excluding carboxylic acids is 2. The SMILES string of the molecule is CN(C)C(=O)C(=O)N(C)c1cc(F)ccc1Cc1cnc(-c2nc3c(Br)cc(N4CCOCC4)cn3c(=O)c2O)s1. The molecule has 1 saturated heterocycles. The zero-order valence-electron chi connectivity index (χ0n) is 22.4. The number of aromatic nitrogens is 3. The minimum absolute atomic E-state index is 0.0364. The van der Waals surface area contributed by atoms with Gasteiger partial charge in [0.05, 0.1) is 29.1 Å². The average Bonchev–Trinajstić information content (AvgIpc) is 3.43. The van der Waals surface area contributed by atoms with E-state index in [1.807, 2.05) is 6.07 Å². The Balaban J connectivity index is 1.47. The third-order valence-electron chi connectivity index (χ3n) is 6.64. The molecule has 14 heteroatoms. The average molecular weight is 646 g/mol. The van der Waals surface area contributed by atoms with Gasteiger partial charge in [0.25, 0.3) is 0 Å². The van der Waals surface area contributed by atoms with Crippen molar-refractivity contribution in [1.29, 1.82) is 0 Å². The van der Waals surface area contributed by atoms with E-state index in [2.05, 4.69) is 30.8 Å². The topological polar surface area (TPSA) is 121 Å². The Morgan fingerprint density at radius 3 is 2.61 bits per heavy atom. The van der Waals surface area contributed by atoms with Crippen LogP contribution in [0.3, 0.4) is 0 Å². The predicted octanol–water partition coefficient (Wildman–Crippen LogP) is 2.90. The number of likely N-dealkylation sites (N-methyl/N-ethyl adjacent to an activating group) is 2. The largest absolute Gasteiger partial charge is 0.501 e. The van der Waals surface area contributed by atoms with E-state index in [0.717, 1.165) is 15.5 Å². The molecule has 5 rings (SSSR count). The minimum Gasteiger partial charge on any atom is -0.501 e. The van der Waals surface area contributed by atoms with Gasteiger partial charge in [-0.3, -0.25) is 18.8 Å². The van der Waals surface area contributed by atoms with Crippen LogP contribution in [0.25, 0.3) is 16.3 Å². The van der Waals surface area contributed by atoms with Crippen molar-refractivity contribution in [2.75, 3.05) is 57.2 Å². The van der Waals surface area contributed by atoms with Crippen molar-refractivity contribution in [3.05, 3.63) is 67.7 Å². The number of halogens is 2. The lowest BCUT2D eigenvalue weighted by Gasteiger charge is -2.29. The molecule has 4 aromatic rings. The number of pyridine rings is 1. The maximum atomic E-state index is 14.1. The van der Waals surface area contributed by atoms with Gasteiger partial charge in [0, 0.05) is 57.9 Å². The summed E-state index contributed by atoms with van der Waals surface area (Å²) in [5.41, 5.74) is 1.34. The molecule has 0 aliphatic carbocycles. The standard InChI is InChI=1S/C27H26BrFN6O5S/c1-32(2)26(38)27(39)33(3)20-11-16(29)5-4-15(20)10-18-13-30-24(41-18)21-22(36)25(37)35-14-17(12-19(28)23(35)31-21)34-6-8-40-9-7-34/h4-5,11-14,36H,6-10H2,1-3H3. The first-order valence-corrected chi connectivity index (χ1v) is 14.2. The highest BCUT2D eigenvalue weighted by Crippen LogP contribution is 2.33. The number of morpholine rings is 1. The lowest BCUT2D eigenvalue weighted by molar-refractivity contribution is -0.142. The second-order valence-corrected chi connectivity index (χ2v) is 11.6. The molecule has 1 aliphatic rings. The van der Waals surface area contributed by atoms with Gasteiger partial charge in [0.15, 0.2) is 5.65 Å². The lowest BCUT2D eigenvalue weighted by Crippen LogP contribution is -2.40. The molecule has 3 aromatic heterocycles. The van der Waals surface area contributed by atoms with Gasteiger partial charge < -0.3 is 24.5 Å². The molecule has 0 atom stereocenters. The van der Waals surface area contributed by atoms with Gasteiger partial charge in [0.1, 0.15) is 16.5 Å². The van der Waals surface area contributed by atoms with Crippen LogP contribution in [-0.2, 0) is 20.7 Å². The van der Waals surface area contributed by atoms with E-state index in [9.17, 15) is 23.9 Å². The Bertz CT molecular complexity index is 1720. The van der Waals surface area contributed by atoms with Gasteiger partial charge in [-0.25, -0.2) is 14.4 Å². The van der Waals surface area contributed by atoms with E-state index < -0.39 is 28.9 Å². The molecular formula is C27H26BrFN6O5S. The highest BCUT2D eigenvalue weighted by atomic mass is 79.9. The van der Waals surface area contributed by atoms with Crippen LogP contribution < -0.4 is 15.4 Å². The molecule has 0 saturated carbocycles. The van der Waals surface area contributed by atoms with Crippen LogP contribution in [0, 0.1) is 5.82 Å². The normalized spacial score (nSPS) is 13.4. The highest BCUT2D eigenvalue weighted by molar-refractivity contribution is 9.10. The van der Waals surface area contributed by atoms with Crippen molar-refractivity contribution in [3.63, 3.8) is 0 Å². The first-order valence-electron chi connectivity index (χ1n) is 12.6. The van der Waals surface area contributed by atoms with Crippen LogP contribution in [-0.4, -0.2) is 83.6 Å². The Labute approximate surface area is 246 Å². The molecule has 1 aliphatic heterocycles. The number of rotatable bonds is 5. The Morgan fingerprint density at radius 2 is 1.90 bits per heavy atom. The fraction of sp³-hybridized carbons (Fsp3) is 0.296. The van der Waals surface area contributed by atoms with Gasteiger partial charge in [0.2, 0.25) is 5.75 Å². The van der Waals surface area contributed by atoms with E-state index in [-0.39, 0.29) is 17.8 Å². The van der Waals surface area contributed by atoms with Crippen molar-refractivity contribution >= 4 is 56.1 Å².